The fourth-order valence-electron chi connectivity index (χ4n) is 2.57. The minimum atomic E-state index is -0.586. The Bertz CT molecular complexity index is 807. The normalized spacial score (nSPS) is 16.1. The third kappa shape index (κ3) is 6.52. The standard InChI is InChI=1S/C22H29NO6S/c1-5-8-11-28-20(24)14-23-21(25)19(30-22(23)26)13-16-9-10-17(29-15(4)6-2)18(12-16)27-7-3/h9-10,12-13,15H,5-8,11,14H2,1-4H3/b19-13+/t15-/m0/s1. The smallest absolute Gasteiger partial charge is 0.326 e. The molecule has 0 aliphatic carbocycles. The third-order valence-electron chi connectivity index (χ3n) is 4.39. The number of rotatable bonds is 11. The van der Waals surface area contributed by atoms with Gasteiger partial charge in [0, 0.05) is 0 Å². The summed E-state index contributed by atoms with van der Waals surface area (Å²) in [6.45, 7) is 8.25. The first-order chi connectivity index (χ1) is 14.4. The van der Waals surface area contributed by atoms with E-state index in [0.717, 1.165) is 35.9 Å². The van der Waals surface area contributed by atoms with Crippen molar-refractivity contribution >= 4 is 35.0 Å². The Morgan fingerprint density at radius 3 is 2.63 bits per heavy atom. The summed E-state index contributed by atoms with van der Waals surface area (Å²) in [6, 6.07) is 5.36. The summed E-state index contributed by atoms with van der Waals surface area (Å²) in [7, 11) is 0. The van der Waals surface area contributed by atoms with Crippen LogP contribution < -0.4 is 9.47 Å². The lowest BCUT2D eigenvalue weighted by Gasteiger charge is -2.16. The van der Waals surface area contributed by atoms with Gasteiger partial charge in [0.05, 0.1) is 24.2 Å². The molecule has 2 amide bonds. The van der Waals surface area contributed by atoms with E-state index < -0.39 is 17.1 Å². The van der Waals surface area contributed by atoms with Gasteiger partial charge in [0.15, 0.2) is 11.5 Å². The highest BCUT2D eigenvalue weighted by Gasteiger charge is 2.36. The fraction of sp³-hybridized carbons (Fsp3) is 0.500. The average molecular weight is 436 g/mol. The highest BCUT2D eigenvalue weighted by molar-refractivity contribution is 8.18. The van der Waals surface area contributed by atoms with E-state index in [-0.39, 0.29) is 24.2 Å². The Labute approximate surface area is 181 Å². The van der Waals surface area contributed by atoms with E-state index in [9.17, 15) is 14.4 Å². The molecule has 1 aliphatic rings. The number of amides is 2. The lowest BCUT2D eigenvalue weighted by atomic mass is 10.1. The lowest BCUT2D eigenvalue weighted by molar-refractivity contribution is -0.146. The van der Waals surface area contributed by atoms with Crippen LogP contribution in [0.5, 0.6) is 11.5 Å². The SMILES string of the molecule is CCCCOC(=O)CN1C(=O)S/C(=C/c2ccc(O[C@@H](C)CC)c(OCC)c2)C1=O. The van der Waals surface area contributed by atoms with Crippen molar-refractivity contribution in [2.24, 2.45) is 0 Å². The van der Waals surface area contributed by atoms with Crippen LogP contribution in [-0.4, -0.2) is 47.9 Å². The van der Waals surface area contributed by atoms with Crippen molar-refractivity contribution in [1.29, 1.82) is 0 Å². The maximum absolute atomic E-state index is 12.6. The van der Waals surface area contributed by atoms with Gasteiger partial charge in [0.1, 0.15) is 6.54 Å². The molecule has 0 spiro atoms. The zero-order valence-electron chi connectivity index (χ0n) is 17.9. The number of imide groups is 1. The van der Waals surface area contributed by atoms with Crippen molar-refractivity contribution in [2.75, 3.05) is 19.8 Å². The molecule has 1 fully saturated rings. The Morgan fingerprint density at radius 2 is 1.97 bits per heavy atom. The Hall–Kier alpha value is -2.48. The number of unbranched alkanes of at least 4 members (excludes halogenated alkanes) is 1. The van der Waals surface area contributed by atoms with E-state index in [4.69, 9.17) is 14.2 Å². The summed E-state index contributed by atoms with van der Waals surface area (Å²) in [4.78, 5) is 37.8. The minimum Gasteiger partial charge on any atom is -0.490 e. The zero-order valence-corrected chi connectivity index (χ0v) is 18.8. The highest BCUT2D eigenvalue weighted by Crippen LogP contribution is 2.35. The van der Waals surface area contributed by atoms with Crippen molar-refractivity contribution in [3.8, 4) is 11.5 Å². The van der Waals surface area contributed by atoms with Crippen molar-refractivity contribution in [2.45, 2.75) is 53.1 Å². The summed E-state index contributed by atoms with van der Waals surface area (Å²) < 4.78 is 16.6. The summed E-state index contributed by atoms with van der Waals surface area (Å²) in [5.41, 5.74) is 0.700. The molecular formula is C22H29NO6S. The van der Waals surface area contributed by atoms with E-state index in [0.29, 0.717) is 23.7 Å². The molecule has 30 heavy (non-hydrogen) atoms. The number of ether oxygens (including phenoxy) is 3. The van der Waals surface area contributed by atoms with Gasteiger partial charge in [-0.25, -0.2) is 0 Å². The molecule has 2 rings (SSSR count). The van der Waals surface area contributed by atoms with Gasteiger partial charge in [0.2, 0.25) is 0 Å². The van der Waals surface area contributed by atoms with Gasteiger partial charge in [-0.1, -0.05) is 26.3 Å². The van der Waals surface area contributed by atoms with Gasteiger partial charge < -0.3 is 14.2 Å². The van der Waals surface area contributed by atoms with Crippen molar-refractivity contribution in [3.05, 3.63) is 28.7 Å². The number of benzene rings is 1. The maximum Gasteiger partial charge on any atom is 0.326 e. The lowest BCUT2D eigenvalue weighted by Crippen LogP contribution is -2.34. The van der Waals surface area contributed by atoms with Crippen LogP contribution in [0.1, 0.15) is 52.5 Å². The van der Waals surface area contributed by atoms with Gasteiger partial charge in [-0.15, -0.1) is 0 Å². The number of carbonyl (C=O) groups is 3. The summed E-state index contributed by atoms with van der Waals surface area (Å²) in [6.07, 6.45) is 4.16. The first kappa shape index (κ1) is 23.8. The molecule has 7 nitrogen and oxygen atoms in total. The predicted molar refractivity (Wildman–Crippen MR) is 117 cm³/mol. The summed E-state index contributed by atoms with van der Waals surface area (Å²) in [5, 5.41) is -0.486. The number of esters is 1. The van der Waals surface area contributed by atoms with Crippen molar-refractivity contribution in [1.82, 2.24) is 4.90 Å². The van der Waals surface area contributed by atoms with Crippen LogP contribution in [0.3, 0.4) is 0 Å². The maximum atomic E-state index is 12.6. The molecule has 1 aliphatic heterocycles. The Balaban J connectivity index is 2.14. The Kier molecular flexibility index (Phi) is 9.23. The molecule has 0 saturated carbocycles. The van der Waals surface area contributed by atoms with Gasteiger partial charge in [-0.3, -0.25) is 19.3 Å². The van der Waals surface area contributed by atoms with Crippen molar-refractivity contribution < 1.29 is 28.6 Å². The highest BCUT2D eigenvalue weighted by atomic mass is 32.2. The number of hydrogen-bond donors (Lipinski definition) is 0. The molecule has 0 radical (unpaired) electrons. The predicted octanol–water partition coefficient (Wildman–Crippen LogP) is 4.64. The molecule has 0 aromatic heterocycles. The Morgan fingerprint density at radius 1 is 1.20 bits per heavy atom. The first-order valence-corrected chi connectivity index (χ1v) is 11.1. The van der Waals surface area contributed by atoms with Crippen LogP contribution in [0.2, 0.25) is 0 Å². The molecule has 1 aromatic rings. The second-order valence-corrected chi connectivity index (χ2v) is 7.81. The molecule has 1 aromatic carbocycles. The molecule has 8 heteroatoms. The molecule has 164 valence electrons. The van der Waals surface area contributed by atoms with Gasteiger partial charge in [0.25, 0.3) is 11.1 Å². The fourth-order valence-corrected chi connectivity index (χ4v) is 3.41. The minimum absolute atomic E-state index is 0.0450. The topological polar surface area (TPSA) is 82.1 Å². The van der Waals surface area contributed by atoms with Gasteiger partial charge in [-0.2, -0.15) is 0 Å². The van der Waals surface area contributed by atoms with Crippen LogP contribution in [0.4, 0.5) is 4.79 Å². The van der Waals surface area contributed by atoms with E-state index in [1.807, 2.05) is 27.7 Å². The van der Waals surface area contributed by atoms with Gasteiger partial charge >= 0.3 is 5.97 Å². The number of hydrogen-bond acceptors (Lipinski definition) is 7. The van der Waals surface area contributed by atoms with E-state index in [1.54, 1.807) is 24.3 Å². The molecule has 0 N–H and O–H groups in total. The van der Waals surface area contributed by atoms with E-state index in [2.05, 4.69) is 0 Å². The number of carbonyl (C=O) groups excluding carboxylic acids is 3. The summed E-state index contributed by atoms with van der Waals surface area (Å²) >= 11 is 0.803. The molecule has 1 atom stereocenters. The van der Waals surface area contributed by atoms with Crippen LogP contribution in [0.15, 0.2) is 23.1 Å². The quantitative estimate of drug-likeness (QED) is 0.284. The third-order valence-corrected chi connectivity index (χ3v) is 5.30. The number of nitrogens with zero attached hydrogens (tertiary/aromatic N) is 1. The average Bonchev–Trinajstić information content (AvgIpc) is 2.97. The van der Waals surface area contributed by atoms with Crippen molar-refractivity contribution in [3.63, 3.8) is 0 Å². The van der Waals surface area contributed by atoms with Crippen LogP contribution in [-0.2, 0) is 14.3 Å². The molecule has 0 bridgehead atoms. The molecule has 1 heterocycles. The zero-order chi connectivity index (χ0) is 22.1. The van der Waals surface area contributed by atoms with Gasteiger partial charge in [-0.05, 0) is 62.2 Å². The second kappa shape index (κ2) is 11.6. The van der Waals surface area contributed by atoms with Crippen LogP contribution in [0.25, 0.3) is 6.08 Å². The molecule has 0 unspecified atom stereocenters. The largest absolute Gasteiger partial charge is 0.490 e. The van der Waals surface area contributed by atoms with E-state index >= 15 is 0 Å². The summed E-state index contributed by atoms with van der Waals surface area (Å²) in [5.74, 6) is 0.115. The van der Waals surface area contributed by atoms with Crippen LogP contribution >= 0.6 is 11.8 Å². The second-order valence-electron chi connectivity index (χ2n) is 6.82. The monoisotopic (exact) mass is 435 g/mol. The van der Waals surface area contributed by atoms with Crippen LogP contribution in [0, 0.1) is 0 Å². The molecule has 1 saturated heterocycles. The molecular weight excluding hydrogens is 406 g/mol. The first-order valence-electron chi connectivity index (χ1n) is 10.2. The van der Waals surface area contributed by atoms with E-state index in [1.165, 1.54) is 0 Å². The number of thioether (sulfide) groups is 1.